The zero-order valence-electron chi connectivity index (χ0n) is 10.4. The standard InChI is InChI=1S/C15H15BrO2/c1-11-3-6-13(16)9-15(11)18-10-12-4-7-14(17-2)8-5-12/h3-9H,10H2,1-2H3. The predicted molar refractivity (Wildman–Crippen MR) is 76.2 cm³/mol. The largest absolute Gasteiger partial charge is 0.497 e. The number of ether oxygens (including phenoxy) is 2. The smallest absolute Gasteiger partial charge is 0.123 e. The van der Waals surface area contributed by atoms with Crippen LogP contribution in [0.25, 0.3) is 0 Å². The molecule has 2 aromatic carbocycles. The number of benzene rings is 2. The molecule has 0 amide bonds. The molecule has 0 unspecified atom stereocenters. The Morgan fingerprint density at radius 3 is 2.44 bits per heavy atom. The van der Waals surface area contributed by atoms with Gasteiger partial charge in [0.1, 0.15) is 18.1 Å². The number of hydrogen-bond donors (Lipinski definition) is 0. The van der Waals surface area contributed by atoms with Gasteiger partial charge in [0.05, 0.1) is 7.11 Å². The molecule has 2 nitrogen and oxygen atoms in total. The molecule has 0 saturated carbocycles. The Bertz CT molecular complexity index is 521. The summed E-state index contributed by atoms with van der Waals surface area (Å²) in [6.07, 6.45) is 0. The summed E-state index contributed by atoms with van der Waals surface area (Å²) < 4.78 is 12.0. The molecule has 0 saturated heterocycles. The lowest BCUT2D eigenvalue weighted by molar-refractivity contribution is 0.303. The second-order valence-corrected chi connectivity index (χ2v) is 4.96. The molecule has 0 aliphatic carbocycles. The van der Waals surface area contributed by atoms with Crippen LogP contribution >= 0.6 is 15.9 Å². The van der Waals surface area contributed by atoms with Crippen LogP contribution in [0, 0.1) is 6.92 Å². The summed E-state index contributed by atoms with van der Waals surface area (Å²) in [5, 5.41) is 0. The maximum absolute atomic E-state index is 5.81. The summed E-state index contributed by atoms with van der Waals surface area (Å²) in [7, 11) is 1.66. The van der Waals surface area contributed by atoms with Gasteiger partial charge in [0, 0.05) is 4.47 Å². The summed E-state index contributed by atoms with van der Waals surface area (Å²) in [6, 6.07) is 13.9. The van der Waals surface area contributed by atoms with Crippen LogP contribution in [-0.2, 0) is 6.61 Å². The van der Waals surface area contributed by atoms with Crippen molar-refractivity contribution < 1.29 is 9.47 Å². The van der Waals surface area contributed by atoms with Crippen molar-refractivity contribution in [2.75, 3.05) is 7.11 Å². The summed E-state index contributed by atoms with van der Waals surface area (Å²) in [6.45, 7) is 2.59. The fraction of sp³-hybridized carbons (Fsp3) is 0.200. The molecule has 2 aromatic rings. The second-order valence-electron chi connectivity index (χ2n) is 4.05. The minimum atomic E-state index is 0.557. The van der Waals surface area contributed by atoms with Crippen LogP contribution < -0.4 is 9.47 Å². The summed E-state index contributed by atoms with van der Waals surface area (Å²) >= 11 is 3.44. The number of rotatable bonds is 4. The second kappa shape index (κ2) is 5.91. The average molecular weight is 307 g/mol. The Balaban J connectivity index is 2.04. The van der Waals surface area contributed by atoms with Crippen LogP contribution in [0.3, 0.4) is 0 Å². The summed E-state index contributed by atoms with van der Waals surface area (Å²) in [4.78, 5) is 0. The highest BCUT2D eigenvalue weighted by molar-refractivity contribution is 9.10. The predicted octanol–water partition coefficient (Wildman–Crippen LogP) is 4.35. The van der Waals surface area contributed by atoms with Crippen LogP contribution in [0.1, 0.15) is 11.1 Å². The first kappa shape index (κ1) is 13.0. The average Bonchev–Trinajstić information content (AvgIpc) is 2.40. The van der Waals surface area contributed by atoms with Gasteiger partial charge < -0.3 is 9.47 Å². The van der Waals surface area contributed by atoms with E-state index in [4.69, 9.17) is 9.47 Å². The Hall–Kier alpha value is -1.48. The van der Waals surface area contributed by atoms with Gasteiger partial charge in [-0.2, -0.15) is 0 Å². The molecule has 0 atom stereocenters. The Kier molecular flexibility index (Phi) is 4.26. The van der Waals surface area contributed by atoms with E-state index in [1.165, 1.54) is 0 Å². The highest BCUT2D eigenvalue weighted by atomic mass is 79.9. The van der Waals surface area contributed by atoms with Crippen LogP contribution in [0.5, 0.6) is 11.5 Å². The lowest BCUT2D eigenvalue weighted by Crippen LogP contribution is -1.97. The third kappa shape index (κ3) is 3.26. The van der Waals surface area contributed by atoms with Crippen molar-refractivity contribution in [3.05, 3.63) is 58.1 Å². The highest BCUT2D eigenvalue weighted by Crippen LogP contribution is 2.24. The van der Waals surface area contributed by atoms with Gasteiger partial charge in [-0.05, 0) is 42.3 Å². The molecule has 0 fully saturated rings. The Morgan fingerprint density at radius 2 is 1.78 bits per heavy atom. The number of aryl methyl sites for hydroxylation is 1. The SMILES string of the molecule is COc1ccc(COc2cc(Br)ccc2C)cc1. The summed E-state index contributed by atoms with van der Waals surface area (Å²) in [5.41, 5.74) is 2.25. The fourth-order valence-corrected chi connectivity index (χ4v) is 1.95. The minimum absolute atomic E-state index is 0.557. The molecule has 0 aromatic heterocycles. The van der Waals surface area contributed by atoms with Crippen LogP contribution in [0.15, 0.2) is 46.9 Å². The van der Waals surface area contributed by atoms with Gasteiger partial charge in [0.15, 0.2) is 0 Å². The molecule has 18 heavy (non-hydrogen) atoms. The molecule has 0 radical (unpaired) electrons. The van der Waals surface area contributed by atoms with Crippen molar-refractivity contribution in [3.63, 3.8) is 0 Å². The molecular formula is C15H15BrO2. The van der Waals surface area contributed by atoms with E-state index < -0.39 is 0 Å². The van der Waals surface area contributed by atoms with Crippen molar-refractivity contribution in [2.24, 2.45) is 0 Å². The van der Waals surface area contributed by atoms with E-state index >= 15 is 0 Å². The first-order chi connectivity index (χ1) is 8.69. The van der Waals surface area contributed by atoms with Gasteiger partial charge in [0.2, 0.25) is 0 Å². The third-order valence-corrected chi connectivity index (χ3v) is 3.20. The zero-order chi connectivity index (χ0) is 13.0. The van der Waals surface area contributed by atoms with Gasteiger partial charge in [-0.3, -0.25) is 0 Å². The first-order valence-corrected chi connectivity index (χ1v) is 6.50. The minimum Gasteiger partial charge on any atom is -0.497 e. The number of hydrogen-bond acceptors (Lipinski definition) is 2. The fourth-order valence-electron chi connectivity index (χ4n) is 1.61. The van der Waals surface area contributed by atoms with E-state index in [1.54, 1.807) is 7.11 Å². The highest BCUT2D eigenvalue weighted by Gasteiger charge is 2.01. The quantitative estimate of drug-likeness (QED) is 0.836. The third-order valence-electron chi connectivity index (χ3n) is 2.70. The summed E-state index contributed by atoms with van der Waals surface area (Å²) in [5.74, 6) is 1.76. The molecule has 2 rings (SSSR count). The van der Waals surface area contributed by atoms with E-state index in [2.05, 4.69) is 15.9 Å². The monoisotopic (exact) mass is 306 g/mol. The van der Waals surface area contributed by atoms with Crippen molar-refractivity contribution in [3.8, 4) is 11.5 Å². The lowest BCUT2D eigenvalue weighted by Gasteiger charge is -2.10. The molecule has 0 bridgehead atoms. The Labute approximate surface area is 116 Å². The Morgan fingerprint density at radius 1 is 1.06 bits per heavy atom. The zero-order valence-corrected chi connectivity index (χ0v) is 12.0. The molecule has 0 aliphatic rings. The number of methoxy groups -OCH3 is 1. The van der Waals surface area contributed by atoms with Gasteiger partial charge in [-0.25, -0.2) is 0 Å². The molecule has 0 aliphatic heterocycles. The topological polar surface area (TPSA) is 18.5 Å². The number of halogens is 1. The van der Waals surface area contributed by atoms with Crippen molar-refractivity contribution in [1.29, 1.82) is 0 Å². The van der Waals surface area contributed by atoms with Gasteiger partial charge in [-0.15, -0.1) is 0 Å². The first-order valence-electron chi connectivity index (χ1n) is 5.71. The van der Waals surface area contributed by atoms with Crippen LogP contribution in [-0.4, -0.2) is 7.11 Å². The van der Waals surface area contributed by atoms with E-state index in [0.29, 0.717) is 6.61 Å². The van der Waals surface area contributed by atoms with E-state index in [0.717, 1.165) is 27.1 Å². The normalized spacial score (nSPS) is 10.2. The molecule has 94 valence electrons. The molecule has 3 heteroatoms. The van der Waals surface area contributed by atoms with Gasteiger partial charge in [-0.1, -0.05) is 34.1 Å². The van der Waals surface area contributed by atoms with Crippen molar-refractivity contribution in [1.82, 2.24) is 0 Å². The van der Waals surface area contributed by atoms with Crippen LogP contribution in [0.2, 0.25) is 0 Å². The van der Waals surface area contributed by atoms with Crippen LogP contribution in [0.4, 0.5) is 0 Å². The molecule has 0 heterocycles. The van der Waals surface area contributed by atoms with Crippen molar-refractivity contribution >= 4 is 15.9 Å². The maximum atomic E-state index is 5.81. The molecule has 0 N–H and O–H groups in total. The van der Waals surface area contributed by atoms with E-state index in [9.17, 15) is 0 Å². The van der Waals surface area contributed by atoms with Gasteiger partial charge in [0.25, 0.3) is 0 Å². The maximum Gasteiger partial charge on any atom is 0.123 e. The van der Waals surface area contributed by atoms with Crippen molar-refractivity contribution in [2.45, 2.75) is 13.5 Å². The lowest BCUT2D eigenvalue weighted by atomic mass is 10.2. The van der Waals surface area contributed by atoms with Gasteiger partial charge >= 0.3 is 0 Å². The molecular weight excluding hydrogens is 292 g/mol. The van der Waals surface area contributed by atoms with E-state index in [-0.39, 0.29) is 0 Å². The molecule has 0 spiro atoms. The van der Waals surface area contributed by atoms with E-state index in [1.807, 2.05) is 49.4 Å².